The summed E-state index contributed by atoms with van der Waals surface area (Å²) in [6.45, 7) is 8.17. The molecule has 1 fully saturated rings. The normalized spacial score (nSPS) is 33.2. The second-order valence-corrected chi connectivity index (χ2v) is 7.04. The van der Waals surface area contributed by atoms with Crippen molar-refractivity contribution in [1.29, 1.82) is 0 Å². The molecule has 0 radical (unpaired) electrons. The zero-order valence-electron chi connectivity index (χ0n) is 13.1. The van der Waals surface area contributed by atoms with E-state index in [1.807, 2.05) is 6.92 Å². The summed E-state index contributed by atoms with van der Waals surface area (Å²) in [6, 6.07) is 0. The Bertz CT molecular complexity index is 567. The molecule has 2 aliphatic carbocycles. The number of rotatable bonds is 2. The van der Waals surface area contributed by atoms with Gasteiger partial charge in [-0.3, -0.25) is 4.79 Å². The van der Waals surface area contributed by atoms with Gasteiger partial charge in [0.25, 0.3) is 0 Å². The molecular formula is C17H22O4. The highest BCUT2D eigenvalue weighted by Crippen LogP contribution is 2.68. The molecule has 3 aliphatic rings. The largest absolute Gasteiger partial charge is 0.461 e. The summed E-state index contributed by atoms with van der Waals surface area (Å²) in [5, 5.41) is 0. The fraction of sp³-hybridized carbons (Fsp3) is 0.647. The molecule has 114 valence electrons. The number of allylic oxidation sites excluding steroid dienone is 1. The van der Waals surface area contributed by atoms with E-state index in [1.54, 1.807) is 0 Å². The minimum absolute atomic E-state index is 0.0492. The van der Waals surface area contributed by atoms with E-state index in [0.29, 0.717) is 11.8 Å². The van der Waals surface area contributed by atoms with Crippen LogP contribution in [0.4, 0.5) is 0 Å². The SMILES string of the molecule is CC(=O)OCC1=COC(=O)C2=C(C)CC[C@H]3[C@@H]([C@H]12)C3(C)C. The summed E-state index contributed by atoms with van der Waals surface area (Å²) in [7, 11) is 0. The van der Waals surface area contributed by atoms with Crippen LogP contribution in [0.3, 0.4) is 0 Å². The zero-order valence-corrected chi connectivity index (χ0v) is 13.1. The Labute approximate surface area is 125 Å². The maximum Gasteiger partial charge on any atom is 0.339 e. The van der Waals surface area contributed by atoms with Crippen molar-refractivity contribution in [2.45, 2.75) is 40.5 Å². The highest BCUT2D eigenvalue weighted by molar-refractivity contribution is 5.92. The van der Waals surface area contributed by atoms with Gasteiger partial charge in [0.15, 0.2) is 0 Å². The second kappa shape index (κ2) is 4.72. The highest BCUT2D eigenvalue weighted by Gasteiger charge is 2.63. The molecule has 0 unspecified atom stereocenters. The molecule has 4 nitrogen and oxygen atoms in total. The fourth-order valence-corrected chi connectivity index (χ4v) is 4.24. The third kappa shape index (κ3) is 2.21. The topological polar surface area (TPSA) is 52.6 Å². The van der Waals surface area contributed by atoms with Gasteiger partial charge in [0.1, 0.15) is 6.61 Å². The van der Waals surface area contributed by atoms with Gasteiger partial charge < -0.3 is 9.47 Å². The molecule has 0 N–H and O–H groups in total. The number of hydrogen-bond acceptors (Lipinski definition) is 4. The Morgan fingerprint density at radius 1 is 1.48 bits per heavy atom. The lowest BCUT2D eigenvalue weighted by molar-refractivity contribution is -0.140. The average molecular weight is 290 g/mol. The van der Waals surface area contributed by atoms with Crippen molar-refractivity contribution in [3.05, 3.63) is 23.0 Å². The summed E-state index contributed by atoms with van der Waals surface area (Å²) in [5.41, 5.74) is 3.09. The first-order valence-corrected chi connectivity index (χ1v) is 7.57. The van der Waals surface area contributed by atoms with Crippen molar-refractivity contribution in [2.24, 2.45) is 23.2 Å². The number of hydrogen-bond donors (Lipinski definition) is 0. The van der Waals surface area contributed by atoms with Crippen molar-refractivity contribution < 1.29 is 19.1 Å². The van der Waals surface area contributed by atoms with Crippen molar-refractivity contribution >= 4 is 11.9 Å². The predicted octanol–water partition coefficient (Wildman–Crippen LogP) is 2.99. The van der Waals surface area contributed by atoms with Crippen LogP contribution in [0.5, 0.6) is 0 Å². The minimum atomic E-state index is -0.310. The van der Waals surface area contributed by atoms with Gasteiger partial charge in [-0.15, -0.1) is 0 Å². The van der Waals surface area contributed by atoms with E-state index in [9.17, 15) is 9.59 Å². The number of fused-ring (bicyclic) bond motifs is 3. The minimum Gasteiger partial charge on any atom is -0.461 e. The van der Waals surface area contributed by atoms with E-state index in [1.165, 1.54) is 13.2 Å². The lowest BCUT2D eigenvalue weighted by Gasteiger charge is -2.28. The molecule has 0 amide bonds. The summed E-state index contributed by atoms with van der Waals surface area (Å²) >= 11 is 0. The standard InChI is InChI=1S/C17H22O4/c1-9-5-6-12-15(17(12,3)4)14-11(7-20-10(2)18)8-21-16(19)13(9)14/h8,12,14-15H,5-7H2,1-4H3/t12-,14+,15-/m0/s1. The first-order valence-electron chi connectivity index (χ1n) is 7.57. The first-order chi connectivity index (χ1) is 9.84. The molecule has 1 aliphatic heterocycles. The fourth-order valence-electron chi connectivity index (χ4n) is 4.24. The van der Waals surface area contributed by atoms with Gasteiger partial charge in [-0.1, -0.05) is 19.4 Å². The van der Waals surface area contributed by atoms with Gasteiger partial charge in [-0.05, 0) is 37.0 Å². The van der Waals surface area contributed by atoms with Crippen molar-refractivity contribution in [1.82, 2.24) is 0 Å². The summed E-state index contributed by atoms with van der Waals surface area (Å²) < 4.78 is 10.4. The van der Waals surface area contributed by atoms with E-state index in [0.717, 1.165) is 29.6 Å². The Morgan fingerprint density at radius 3 is 2.86 bits per heavy atom. The smallest absolute Gasteiger partial charge is 0.339 e. The third-order valence-electron chi connectivity index (χ3n) is 5.48. The van der Waals surface area contributed by atoms with E-state index < -0.39 is 0 Å². The molecular weight excluding hydrogens is 268 g/mol. The Balaban J connectivity index is 1.98. The van der Waals surface area contributed by atoms with Crippen LogP contribution in [0.2, 0.25) is 0 Å². The first kappa shape index (κ1) is 14.4. The summed E-state index contributed by atoms with van der Waals surface area (Å²) in [4.78, 5) is 23.3. The quantitative estimate of drug-likeness (QED) is 0.734. The van der Waals surface area contributed by atoms with Crippen LogP contribution >= 0.6 is 0 Å². The van der Waals surface area contributed by atoms with Crippen LogP contribution in [0, 0.1) is 23.2 Å². The number of carbonyl (C=O) groups is 2. The van der Waals surface area contributed by atoms with Crippen LogP contribution in [-0.2, 0) is 19.1 Å². The van der Waals surface area contributed by atoms with E-state index in [2.05, 4.69) is 13.8 Å². The van der Waals surface area contributed by atoms with Crippen LogP contribution in [0.1, 0.15) is 40.5 Å². The lowest BCUT2D eigenvalue weighted by Crippen LogP contribution is -2.28. The van der Waals surface area contributed by atoms with Gasteiger partial charge in [0.2, 0.25) is 0 Å². The number of esters is 2. The van der Waals surface area contributed by atoms with Gasteiger partial charge in [0, 0.05) is 24.0 Å². The Morgan fingerprint density at radius 2 is 2.19 bits per heavy atom. The van der Waals surface area contributed by atoms with Gasteiger partial charge in [-0.2, -0.15) is 0 Å². The number of ether oxygens (including phenoxy) is 2. The third-order valence-corrected chi connectivity index (χ3v) is 5.48. The van der Waals surface area contributed by atoms with Crippen molar-refractivity contribution in [3.63, 3.8) is 0 Å². The van der Waals surface area contributed by atoms with Crippen LogP contribution in [0.25, 0.3) is 0 Å². The molecule has 3 rings (SSSR count). The lowest BCUT2D eigenvalue weighted by atomic mass is 9.81. The molecule has 3 atom stereocenters. The predicted molar refractivity (Wildman–Crippen MR) is 77.0 cm³/mol. The van der Waals surface area contributed by atoms with Crippen molar-refractivity contribution in [3.8, 4) is 0 Å². The molecule has 1 saturated carbocycles. The Hall–Kier alpha value is -1.58. The summed E-state index contributed by atoms with van der Waals surface area (Å²) in [6.07, 6.45) is 3.58. The Kier molecular flexibility index (Phi) is 3.23. The zero-order chi connectivity index (χ0) is 15.4. The van der Waals surface area contributed by atoms with Crippen LogP contribution in [-0.4, -0.2) is 18.5 Å². The number of carbonyl (C=O) groups excluding carboxylic acids is 2. The van der Waals surface area contributed by atoms with Gasteiger partial charge in [-0.25, -0.2) is 4.79 Å². The average Bonchev–Trinajstić information content (AvgIpc) is 2.99. The van der Waals surface area contributed by atoms with Gasteiger partial charge >= 0.3 is 11.9 Å². The molecule has 4 heteroatoms. The molecule has 21 heavy (non-hydrogen) atoms. The molecule has 0 bridgehead atoms. The van der Waals surface area contributed by atoms with E-state index >= 15 is 0 Å². The van der Waals surface area contributed by atoms with E-state index in [4.69, 9.17) is 9.47 Å². The molecule has 0 aromatic rings. The monoisotopic (exact) mass is 290 g/mol. The molecule has 0 saturated heterocycles. The molecule has 0 aromatic heterocycles. The maximum atomic E-state index is 12.2. The van der Waals surface area contributed by atoms with Crippen molar-refractivity contribution in [2.75, 3.05) is 6.61 Å². The number of cyclic esters (lactones) is 1. The van der Waals surface area contributed by atoms with E-state index in [-0.39, 0.29) is 29.9 Å². The van der Waals surface area contributed by atoms with Crippen LogP contribution in [0.15, 0.2) is 23.0 Å². The molecule has 0 aromatic carbocycles. The summed E-state index contributed by atoms with van der Waals surface area (Å²) in [5.74, 6) is 0.581. The molecule has 0 spiro atoms. The highest BCUT2D eigenvalue weighted by atomic mass is 16.5. The molecule has 1 heterocycles. The second-order valence-electron chi connectivity index (χ2n) is 7.04. The van der Waals surface area contributed by atoms with Crippen LogP contribution < -0.4 is 0 Å². The van der Waals surface area contributed by atoms with Gasteiger partial charge in [0.05, 0.1) is 6.26 Å². The maximum absolute atomic E-state index is 12.2.